The van der Waals surface area contributed by atoms with Crippen LogP contribution in [0.2, 0.25) is 0 Å². The van der Waals surface area contributed by atoms with Crippen LogP contribution in [0.3, 0.4) is 0 Å². The Kier molecular flexibility index (Phi) is 5.92. The van der Waals surface area contributed by atoms with E-state index in [0.29, 0.717) is 5.75 Å². The number of aromatic hydroxyl groups is 1. The molecular formula is C27H27NO2S. The van der Waals surface area contributed by atoms with Crippen LogP contribution >= 0.6 is 11.3 Å². The third-order valence-corrected chi connectivity index (χ3v) is 7.19. The van der Waals surface area contributed by atoms with Gasteiger partial charge in [-0.3, -0.25) is 4.90 Å². The van der Waals surface area contributed by atoms with Gasteiger partial charge in [-0.2, -0.15) is 0 Å². The number of fused-ring (bicyclic) bond motifs is 1. The minimum absolute atomic E-state index is 0.290. The van der Waals surface area contributed by atoms with Gasteiger partial charge in [0.05, 0.1) is 0 Å². The molecule has 3 nitrogen and oxygen atoms in total. The summed E-state index contributed by atoms with van der Waals surface area (Å²) >= 11 is 1.77. The highest BCUT2D eigenvalue weighted by molar-refractivity contribution is 7.23. The molecule has 1 aliphatic rings. The van der Waals surface area contributed by atoms with Crippen molar-refractivity contribution in [2.24, 2.45) is 0 Å². The van der Waals surface area contributed by atoms with Gasteiger partial charge in [0.15, 0.2) is 0 Å². The van der Waals surface area contributed by atoms with Crippen molar-refractivity contribution in [2.45, 2.75) is 19.3 Å². The van der Waals surface area contributed by atoms with Crippen LogP contribution in [-0.2, 0) is 0 Å². The van der Waals surface area contributed by atoms with E-state index in [4.69, 9.17) is 4.74 Å². The first-order valence-electron chi connectivity index (χ1n) is 11.0. The Balaban J connectivity index is 1.40. The summed E-state index contributed by atoms with van der Waals surface area (Å²) < 4.78 is 7.27. The number of phenolic OH excluding ortho intramolecular Hbond substituents is 1. The SMILES string of the molecule is Oc1cccc(-c2sc3ccccc3c2-c2ccc(OCCN3CCCCC3)cc2)c1. The van der Waals surface area contributed by atoms with Crippen molar-refractivity contribution < 1.29 is 9.84 Å². The molecule has 4 heteroatoms. The second-order valence-electron chi connectivity index (χ2n) is 8.13. The molecule has 1 fully saturated rings. The van der Waals surface area contributed by atoms with E-state index in [-0.39, 0.29) is 0 Å². The molecule has 0 bridgehead atoms. The van der Waals surface area contributed by atoms with Gasteiger partial charge in [0, 0.05) is 27.1 Å². The zero-order valence-corrected chi connectivity index (χ0v) is 18.4. The molecule has 0 amide bonds. The molecule has 0 saturated carbocycles. The fourth-order valence-electron chi connectivity index (χ4n) is 4.38. The summed E-state index contributed by atoms with van der Waals surface area (Å²) in [5.41, 5.74) is 3.42. The number of rotatable bonds is 6. The first-order valence-corrected chi connectivity index (χ1v) is 11.9. The molecule has 1 aliphatic heterocycles. The lowest BCUT2D eigenvalue weighted by Crippen LogP contribution is -2.33. The number of benzene rings is 3. The van der Waals surface area contributed by atoms with Gasteiger partial charge < -0.3 is 9.84 Å². The number of hydrogen-bond acceptors (Lipinski definition) is 4. The molecule has 0 atom stereocenters. The molecule has 31 heavy (non-hydrogen) atoms. The van der Waals surface area contributed by atoms with E-state index in [9.17, 15) is 5.11 Å². The van der Waals surface area contributed by atoms with Crippen molar-refractivity contribution in [1.29, 1.82) is 0 Å². The Labute approximate surface area is 187 Å². The maximum absolute atomic E-state index is 10.0. The molecule has 1 N–H and O–H groups in total. The van der Waals surface area contributed by atoms with Crippen molar-refractivity contribution >= 4 is 21.4 Å². The summed E-state index contributed by atoms with van der Waals surface area (Å²) in [7, 11) is 0. The molecule has 2 heterocycles. The lowest BCUT2D eigenvalue weighted by Gasteiger charge is -2.26. The summed E-state index contributed by atoms with van der Waals surface area (Å²) in [5.74, 6) is 1.21. The quantitative estimate of drug-likeness (QED) is 0.366. The van der Waals surface area contributed by atoms with Crippen LogP contribution < -0.4 is 4.74 Å². The second kappa shape index (κ2) is 9.13. The van der Waals surface area contributed by atoms with E-state index in [0.717, 1.165) is 24.5 Å². The van der Waals surface area contributed by atoms with Gasteiger partial charge in [-0.25, -0.2) is 0 Å². The van der Waals surface area contributed by atoms with E-state index in [1.54, 1.807) is 17.4 Å². The highest BCUT2D eigenvalue weighted by atomic mass is 32.1. The molecule has 0 aliphatic carbocycles. The number of piperidine rings is 1. The van der Waals surface area contributed by atoms with Crippen LogP contribution in [0.25, 0.3) is 31.7 Å². The van der Waals surface area contributed by atoms with E-state index >= 15 is 0 Å². The van der Waals surface area contributed by atoms with Gasteiger partial charge >= 0.3 is 0 Å². The molecular weight excluding hydrogens is 402 g/mol. The van der Waals surface area contributed by atoms with Gasteiger partial charge in [0.1, 0.15) is 18.1 Å². The molecule has 1 saturated heterocycles. The monoisotopic (exact) mass is 429 g/mol. The molecule has 0 radical (unpaired) electrons. The summed E-state index contributed by atoms with van der Waals surface area (Å²) in [5, 5.41) is 11.2. The van der Waals surface area contributed by atoms with Crippen molar-refractivity contribution in [1.82, 2.24) is 4.90 Å². The average molecular weight is 430 g/mol. The maximum Gasteiger partial charge on any atom is 0.119 e. The maximum atomic E-state index is 10.0. The molecule has 3 aromatic carbocycles. The van der Waals surface area contributed by atoms with Crippen LogP contribution in [0.15, 0.2) is 72.8 Å². The van der Waals surface area contributed by atoms with Crippen molar-refractivity contribution in [2.75, 3.05) is 26.2 Å². The number of phenols is 1. The van der Waals surface area contributed by atoms with E-state index in [2.05, 4.69) is 59.5 Å². The molecule has 4 aromatic rings. The summed E-state index contributed by atoms with van der Waals surface area (Å²) in [6.07, 6.45) is 3.98. The number of likely N-dealkylation sites (tertiary alicyclic amines) is 1. The Bertz CT molecular complexity index is 1160. The van der Waals surface area contributed by atoms with Gasteiger partial charge in [0.25, 0.3) is 0 Å². The largest absolute Gasteiger partial charge is 0.508 e. The summed E-state index contributed by atoms with van der Waals surface area (Å²) in [4.78, 5) is 3.67. The third kappa shape index (κ3) is 4.46. The predicted molar refractivity (Wildman–Crippen MR) is 130 cm³/mol. The fourth-order valence-corrected chi connectivity index (χ4v) is 5.60. The second-order valence-corrected chi connectivity index (χ2v) is 9.18. The lowest BCUT2D eigenvalue weighted by molar-refractivity contribution is 0.183. The summed E-state index contributed by atoms with van der Waals surface area (Å²) in [6, 6.07) is 24.5. The average Bonchev–Trinajstić information content (AvgIpc) is 3.20. The van der Waals surface area contributed by atoms with Gasteiger partial charge in [-0.1, -0.05) is 48.9 Å². The molecule has 1 aromatic heterocycles. The Morgan fingerprint density at radius 3 is 2.45 bits per heavy atom. The molecule has 0 unspecified atom stereocenters. The molecule has 0 spiro atoms. The number of ether oxygens (including phenoxy) is 1. The standard InChI is InChI=1S/C27H27NO2S/c29-22-8-6-7-21(19-22)27-26(24-9-2-3-10-25(24)31-27)20-11-13-23(14-12-20)30-18-17-28-15-4-1-5-16-28/h2-3,6-14,19,29H,1,4-5,15-18H2. The number of nitrogens with zero attached hydrogens (tertiary/aromatic N) is 1. The van der Waals surface area contributed by atoms with Crippen LogP contribution in [0.5, 0.6) is 11.5 Å². The van der Waals surface area contributed by atoms with Crippen LogP contribution in [0.1, 0.15) is 19.3 Å². The first kappa shape index (κ1) is 20.1. The van der Waals surface area contributed by atoms with Crippen molar-refractivity contribution in [3.63, 3.8) is 0 Å². The fraction of sp³-hybridized carbons (Fsp3) is 0.259. The van der Waals surface area contributed by atoms with Gasteiger partial charge in [-0.15, -0.1) is 11.3 Å². The molecule has 5 rings (SSSR count). The van der Waals surface area contributed by atoms with E-state index in [1.165, 1.54) is 58.4 Å². The van der Waals surface area contributed by atoms with Crippen molar-refractivity contribution in [3.8, 4) is 33.1 Å². The van der Waals surface area contributed by atoms with Crippen LogP contribution in [0, 0.1) is 0 Å². The lowest BCUT2D eigenvalue weighted by atomic mass is 9.98. The predicted octanol–water partition coefficient (Wildman–Crippen LogP) is 6.81. The zero-order valence-electron chi connectivity index (χ0n) is 17.6. The normalized spacial score (nSPS) is 14.7. The van der Waals surface area contributed by atoms with E-state index < -0.39 is 0 Å². The highest BCUT2D eigenvalue weighted by Gasteiger charge is 2.16. The minimum Gasteiger partial charge on any atom is -0.508 e. The molecule has 158 valence electrons. The van der Waals surface area contributed by atoms with E-state index in [1.807, 2.05) is 12.1 Å². The minimum atomic E-state index is 0.290. The number of hydrogen-bond donors (Lipinski definition) is 1. The topological polar surface area (TPSA) is 32.7 Å². The van der Waals surface area contributed by atoms with Crippen LogP contribution in [-0.4, -0.2) is 36.2 Å². The zero-order chi connectivity index (χ0) is 21.0. The number of thiophene rings is 1. The van der Waals surface area contributed by atoms with Gasteiger partial charge in [0.2, 0.25) is 0 Å². The Morgan fingerprint density at radius 1 is 0.839 bits per heavy atom. The summed E-state index contributed by atoms with van der Waals surface area (Å²) in [6.45, 7) is 4.13. The first-order chi connectivity index (χ1) is 15.3. The van der Waals surface area contributed by atoms with Gasteiger partial charge in [-0.05, 0) is 67.4 Å². The Hall–Kier alpha value is -2.82. The van der Waals surface area contributed by atoms with Crippen LogP contribution in [0.4, 0.5) is 0 Å². The third-order valence-electron chi connectivity index (χ3n) is 5.97. The smallest absolute Gasteiger partial charge is 0.119 e. The highest BCUT2D eigenvalue weighted by Crippen LogP contribution is 2.45. The van der Waals surface area contributed by atoms with Crippen molar-refractivity contribution in [3.05, 3.63) is 72.8 Å². The Morgan fingerprint density at radius 2 is 1.65 bits per heavy atom.